The minimum absolute atomic E-state index is 0.0111. The predicted molar refractivity (Wildman–Crippen MR) is 128 cm³/mol. The highest BCUT2D eigenvalue weighted by Crippen LogP contribution is 2.30. The summed E-state index contributed by atoms with van der Waals surface area (Å²) in [5.41, 5.74) is 0.659. The van der Waals surface area contributed by atoms with Gasteiger partial charge in [-0.25, -0.2) is 19.4 Å². The Morgan fingerprint density at radius 1 is 1.22 bits per heavy atom. The lowest BCUT2D eigenvalue weighted by molar-refractivity contribution is -0.0588. The Morgan fingerprint density at radius 2 is 2.00 bits per heavy atom. The quantitative estimate of drug-likeness (QED) is 0.166. The lowest BCUT2D eigenvalue weighted by atomic mass is 10.1. The number of carbonyl (C=O) groups is 1. The first-order valence-electron chi connectivity index (χ1n) is 10.9. The molecular weight excluding hydrogens is 595 g/mol. The van der Waals surface area contributed by atoms with Crippen LogP contribution in [0.15, 0.2) is 23.6 Å². The molecule has 0 radical (unpaired) electrons. The van der Waals surface area contributed by atoms with Gasteiger partial charge in [0.1, 0.15) is 24.5 Å². The Balaban J connectivity index is 0.000000170. The van der Waals surface area contributed by atoms with E-state index < -0.39 is 37.1 Å². The molecule has 16 heteroatoms. The molecule has 0 amide bonds. The highest BCUT2D eigenvalue weighted by molar-refractivity contribution is 14.1. The van der Waals surface area contributed by atoms with Gasteiger partial charge in [0, 0.05) is 6.20 Å². The van der Waals surface area contributed by atoms with Crippen molar-refractivity contribution in [2.24, 2.45) is 0 Å². The molecule has 3 aromatic heterocycles. The smallest absolute Gasteiger partial charge is 0.359 e. The number of nitrogens with zero attached hydrogens (tertiary/aromatic N) is 5. The van der Waals surface area contributed by atoms with Gasteiger partial charge in [-0.05, 0) is 35.4 Å². The number of aliphatic hydroxyl groups is 4. The van der Waals surface area contributed by atoms with E-state index in [1.165, 1.54) is 24.3 Å². The van der Waals surface area contributed by atoms with E-state index in [4.69, 9.17) is 19.7 Å². The largest absolute Gasteiger partial charge is 0.464 e. The van der Waals surface area contributed by atoms with Gasteiger partial charge in [0.2, 0.25) is 0 Å². The summed E-state index contributed by atoms with van der Waals surface area (Å²) in [5, 5.41) is 41.5. The average molecular weight is 620 g/mol. The zero-order valence-corrected chi connectivity index (χ0v) is 21.1. The zero-order valence-electron chi connectivity index (χ0n) is 19.0. The highest BCUT2D eigenvalue weighted by Gasteiger charge is 2.44. The van der Waals surface area contributed by atoms with Crippen molar-refractivity contribution in [1.29, 1.82) is 0 Å². The van der Waals surface area contributed by atoms with E-state index in [9.17, 15) is 19.8 Å². The van der Waals surface area contributed by atoms with Crippen molar-refractivity contribution in [2.75, 3.05) is 20.3 Å². The Kier molecular flexibility index (Phi) is 8.33. The molecule has 6 atom stereocenters. The summed E-state index contributed by atoms with van der Waals surface area (Å²) in [6, 6.07) is 0. The van der Waals surface area contributed by atoms with Crippen molar-refractivity contribution >= 4 is 39.7 Å². The van der Waals surface area contributed by atoms with Crippen molar-refractivity contribution < 1.29 is 39.4 Å². The molecule has 5 N–H and O–H groups in total. The van der Waals surface area contributed by atoms with Gasteiger partial charge >= 0.3 is 5.97 Å². The van der Waals surface area contributed by atoms with E-state index in [0.29, 0.717) is 14.7 Å². The minimum atomic E-state index is -1.24. The van der Waals surface area contributed by atoms with Gasteiger partial charge in [-0.1, -0.05) is 0 Å². The Bertz CT molecular complexity index is 1260. The van der Waals surface area contributed by atoms with Gasteiger partial charge in [-0.2, -0.15) is 5.10 Å². The molecule has 5 rings (SSSR count). The van der Waals surface area contributed by atoms with Crippen molar-refractivity contribution in [3.63, 3.8) is 0 Å². The number of H-pyrrole nitrogens is 1. The standard InChI is InChI=1S/C10H13IN2O6.C10H12N4O3/c1-18-10(17)6-4(11)2-13(12-6)9-8(16)7(15)5(3-14)19-9;15-3-6-1-2-7(17-6)14-5-13-8-9(14)11-4-12-10(8)16/h2,5,7-9,14-16H,3H2,1H3;4-7,15H,1-3H2,(H,11,12,16)/t5-,7-,8-,9-;6-,7+/m10/s1. The molecule has 2 aliphatic rings. The maximum Gasteiger partial charge on any atom is 0.359 e. The lowest BCUT2D eigenvalue weighted by Gasteiger charge is -2.14. The van der Waals surface area contributed by atoms with E-state index in [-0.39, 0.29) is 30.2 Å². The number of imidazole rings is 1. The van der Waals surface area contributed by atoms with Crippen LogP contribution >= 0.6 is 22.6 Å². The fourth-order valence-corrected chi connectivity index (χ4v) is 4.55. The van der Waals surface area contributed by atoms with Crippen LogP contribution < -0.4 is 5.56 Å². The molecule has 15 nitrogen and oxygen atoms in total. The van der Waals surface area contributed by atoms with E-state index >= 15 is 0 Å². The third kappa shape index (κ3) is 5.15. The monoisotopic (exact) mass is 620 g/mol. The number of hydrogen-bond acceptors (Lipinski definition) is 12. The summed E-state index contributed by atoms with van der Waals surface area (Å²) in [6.07, 6.45) is 1.34. The average Bonchev–Trinajstić information content (AvgIpc) is 3.66. The van der Waals surface area contributed by atoms with E-state index in [0.717, 1.165) is 12.8 Å². The fraction of sp³-hybridized carbons (Fsp3) is 0.550. The van der Waals surface area contributed by atoms with Crippen molar-refractivity contribution in [3.05, 3.63) is 38.5 Å². The highest BCUT2D eigenvalue weighted by atomic mass is 127. The first kappa shape index (κ1) is 26.6. The van der Waals surface area contributed by atoms with Crippen LogP contribution in [0.2, 0.25) is 0 Å². The van der Waals surface area contributed by atoms with Gasteiger partial charge in [0.15, 0.2) is 23.1 Å². The molecule has 0 spiro atoms. The molecular formula is C20H25IN6O9. The summed E-state index contributed by atoms with van der Waals surface area (Å²) in [5.74, 6) is -0.602. The maximum atomic E-state index is 11.5. The number of halogens is 1. The summed E-state index contributed by atoms with van der Waals surface area (Å²) < 4.78 is 19.0. The molecule has 5 heterocycles. The topological polar surface area (TPSA) is 207 Å². The summed E-state index contributed by atoms with van der Waals surface area (Å²) in [4.78, 5) is 33.5. The second-order valence-electron chi connectivity index (χ2n) is 8.05. The number of carbonyl (C=O) groups excluding carboxylic acids is 1. The summed E-state index contributed by atoms with van der Waals surface area (Å²) in [6.45, 7) is -0.409. The summed E-state index contributed by atoms with van der Waals surface area (Å²) >= 11 is 1.90. The van der Waals surface area contributed by atoms with Gasteiger partial charge in [0.05, 0.1) is 42.7 Å². The Hall–Kier alpha value is -2.48. The van der Waals surface area contributed by atoms with Crippen LogP contribution in [0.1, 0.15) is 35.8 Å². The van der Waals surface area contributed by atoms with E-state index in [2.05, 4.69) is 24.8 Å². The van der Waals surface area contributed by atoms with Crippen molar-refractivity contribution in [1.82, 2.24) is 29.3 Å². The van der Waals surface area contributed by atoms with Crippen LogP contribution in [0, 0.1) is 3.57 Å². The van der Waals surface area contributed by atoms with Crippen LogP contribution in [0.25, 0.3) is 11.2 Å². The fourth-order valence-electron chi connectivity index (χ4n) is 3.93. The molecule has 2 aliphatic heterocycles. The number of aromatic nitrogens is 6. The second-order valence-corrected chi connectivity index (χ2v) is 9.22. The molecule has 3 aromatic rings. The van der Waals surface area contributed by atoms with Crippen LogP contribution in [-0.4, -0.2) is 100 Å². The van der Waals surface area contributed by atoms with Crippen molar-refractivity contribution in [2.45, 2.75) is 49.7 Å². The number of aromatic amines is 1. The van der Waals surface area contributed by atoms with Gasteiger partial charge in [-0.15, -0.1) is 0 Å². The number of esters is 1. The van der Waals surface area contributed by atoms with Gasteiger partial charge in [-0.3, -0.25) is 9.36 Å². The predicted octanol–water partition coefficient (Wildman–Crippen LogP) is -1.32. The SMILES string of the molecule is COC(=O)c1nn([C@@H]2O[C@H](CO)[C@@H](O)[C@H]2O)cc1I.O=c1[nH]cnc2c1ncn2[C@H]1CC[C@@H](CO)O1. The van der Waals surface area contributed by atoms with Gasteiger partial charge in [0.25, 0.3) is 5.56 Å². The van der Waals surface area contributed by atoms with Crippen LogP contribution in [0.5, 0.6) is 0 Å². The first-order valence-corrected chi connectivity index (χ1v) is 12.0. The molecule has 0 saturated carbocycles. The summed E-state index contributed by atoms with van der Waals surface area (Å²) in [7, 11) is 1.24. The third-order valence-corrected chi connectivity index (χ3v) is 6.60. The van der Waals surface area contributed by atoms with Crippen LogP contribution in [-0.2, 0) is 14.2 Å². The lowest BCUT2D eigenvalue weighted by Crippen LogP contribution is -2.33. The Morgan fingerprint density at radius 3 is 2.64 bits per heavy atom. The third-order valence-electron chi connectivity index (χ3n) is 5.81. The number of aliphatic hydroxyl groups excluding tert-OH is 4. The molecule has 0 aromatic carbocycles. The Labute approximate surface area is 216 Å². The normalized spacial score (nSPS) is 27.7. The molecule has 2 fully saturated rings. The minimum Gasteiger partial charge on any atom is -0.464 e. The van der Waals surface area contributed by atoms with E-state index in [1.807, 2.05) is 22.6 Å². The molecule has 196 valence electrons. The van der Waals surface area contributed by atoms with Crippen LogP contribution in [0.3, 0.4) is 0 Å². The molecule has 0 bridgehead atoms. The zero-order chi connectivity index (χ0) is 26.0. The maximum absolute atomic E-state index is 11.5. The van der Waals surface area contributed by atoms with Gasteiger partial charge < -0.3 is 39.6 Å². The number of nitrogens with one attached hydrogen (secondary N) is 1. The number of fused-ring (bicyclic) bond motifs is 1. The number of ether oxygens (including phenoxy) is 3. The first-order chi connectivity index (χ1) is 17.3. The second kappa shape index (κ2) is 11.3. The number of rotatable bonds is 5. The van der Waals surface area contributed by atoms with E-state index in [1.54, 1.807) is 10.9 Å². The molecule has 36 heavy (non-hydrogen) atoms. The molecule has 0 aliphatic carbocycles. The van der Waals surface area contributed by atoms with Crippen molar-refractivity contribution in [3.8, 4) is 0 Å². The van der Waals surface area contributed by atoms with Crippen LogP contribution in [0.4, 0.5) is 0 Å². The number of hydrogen-bond donors (Lipinski definition) is 5. The number of methoxy groups -OCH3 is 1. The molecule has 0 unspecified atom stereocenters. The molecule has 2 saturated heterocycles.